The lowest BCUT2D eigenvalue weighted by Crippen LogP contribution is -2.44. The average molecular weight is 326 g/mol. The minimum absolute atomic E-state index is 0.660. The van der Waals surface area contributed by atoms with E-state index in [-0.39, 0.29) is 0 Å². The zero-order valence-electron chi connectivity index (χ0n) is 10.8. The Hall–Kier alpha value is -1.12. The number of rotatable bonds is 8. The van der Waals surface area contributed by atoms with Crippen LogP contribution in [0.1, 0.15) is 25.7 Å². The predicted octanol–water partition coefficient (Wildman–Crippen LogP) is 5.39. The summed E-state index contributed by atoms with van der Waals surface area (Å²) >= 11 is 0. The highest BCUT2D eigenvalue weighted by atomic mass is 19.4. The minimum atomic E-state index is -5.09. The van der Waals surface area contributed by atoms with E-state index in [0.29, 0.717) is 12.2 Å². The fraction of sp³-hybridized carbons (Fsp3) is 0.667. The molecule has 0 rings (SSSR count). The van der Waals surface area contributed by atoms with Crippen molar-refractivity contribution in [1.82, 2.24) is 0 Å². The summed E-state index contributed by atoms with van der Waals surface area (Å²) in [5.41, 5.74) is 0. The first-order chi connectivity index (χ1) is 9.24. The Bertz CT molecular complexity index is 327. The first kappa shape index (κ1) is 19.9. The van der Waals surface area contributed by atoms with E-state index in [9.17, 15) is 35.1 Å². The van der Waals surface area contributed by atoms with Crippen molar-refractivity contribution in [2.24, 2.45) is 0 Å². The van der Waals surface area contributed by atoms with Gasteiger partial charge in [0.2, 0.25) is 11.7 Å². The second-order valence-corrected chi connectivity index (χ2v) is 4.44. The molecule has 0 aromatic rings. The topological polar surface area (TPSA) is 9.23 Å². The summed E-state index contributed by atoms with van der Waals surface area (Å²) in [6, 6.07) is 0. The molecule has 0 heterocycles. The maximum absolute atomic E-state index is 14.0. The molecular weight excluding hydrogens is 312 g/mol. The van der Waals surface area contributed by atoms with E-state index in [2.05, 4.69) is 17.9 Å². The third-order valence-corrected chi connectivity index (χ3v) is 2.19. The van der Waals surface area contributed by atoms with Crippen LogP contribution in [0.15, 0.2) is 25.3 Å². The minimum Gasteiger partial charge on any atom is -0.307 e. The second kappa shape index (κ2) is 6.76. The van der Waals surface area contributed by atoms with Gasteiger partial charge >= 0.3 is 12.4 Å². The van der Waals surface area contributed by atoms with Crippen LogP contribution in [-0.4, -0.2) is 24.1 Å². The van der Waals surface area contributed by atoms with Gasteiger partial charge in [-0.25, -0.2) is 8.78 Å². The van der Waals surface area contributed by atoms with E-state index in [4.69, 9.17) is 0 Å². The number of alkyl halides is 8. The first-order valence-electron chi connectivity index (χ1n) is 5.67. The summed E-state index contributed by atoms with van der Waals surface area (Å²) in [4.78, 5) is 0. The SMILES string of the molecule is C=CCC(F)(CC(F)(F)F)OC(F)(CC=C)CC(F)(F)F. The van der Waals surface area contributed by atoms with E-state index in [1.54, 1.807) is 0 Å². The molecule has 0 aromatic heterocycles. The second-order valence-electron chi connectivity index (χ2n) is 4.44. The predicted molar refractivity (Wildman–Crippen MR) is 59.7 cm³/mol. The fourth-order valence-corrected chi connectivity index (χ4v) is 1.66. The molecule has 0 aliphatic rings. The molecule has 2 unspecified atom stereocenters. The molecular formula is C12H14F8O. The van der Waals surface area contributed by atoms with E-state index < -0.39 is 49.7 Å². The van der Waals surface area contributed by atoms with Gasteiger partial charge in [0.25, 0.3) is 0 Å². The van der Waals surface area contributed by atoms with Crippen molar-refractivity contribution < 1.29 is 39.9 Å². The van der Waals surface area contributed by atoms with Crippen molar-refractivity contribution in [3.05, 3.63) is 25.3 Å². The van der Waals surface area contributed by atoms with Gasteiger partial charge in [0.1, 0.15) is 12.8 Å². The van der Waals surface area contributed by atoms with Gasteiger partial charge in [-0.3, -0.25) is 0 Å². The van der Waals surface area contributed by atoms with Crippen molar-refractivity contribution in [2.45, 2.75) is 49.7 Å². The van der Waals surface area contributed by atoms with E-state index in [1.165, 1.54) is 0 Å². The Morgan fingerprint density at radius 1 is 0.667 bits per heavy atom. The third-order valence-electron chi connectivity index (χ3n) is 2.19. The molecule has 0 fully saturated rings. The normalized spacial score (nSPS) is 18.7. The van der Waals surface area contributed by atoms with Crippen LogP contribution in [0, 0.1) is 0 Å². The van der Waals surface area contributed by atoms with Crippen LogP contribution >= 0.6 is 0 Å². The van der Waals surface area contributed by atoms with E-state index in [1.807, 2.05) is 0 Å². The van der Waals surface area contributed by atoms with Crippen molar-refractivity contribution in [1.29, 1.82) is 0 Å². The molecule has 1 nitrogen and oxygen atoms in total. The molecule has 0 spiro atoms. The highest BCUT2D eigenvalue weighted by Gasteiger charge is 2.52. The lowest BCUT2D eigenvalue weighted by atomic mass is 10.1. The molecule has 0 aliphatic heterocycles. The summed E-state index contributed by atoms with van der Waals surface area (Å²) in [6.07, 6.45) is -15.6. The Labute approximate surface area is 116 Å². The quantitative estimate of drug-likeness (QED) is 0.429. The fourth-order valence-electron chi connectivity index (χ4n) is 1.66. The van der Waals surface area contributed by atoms with Crippen LogP contribution in [0.2, 0.25) is 0 Å². The smallest absolute Gasteiger partial charge is 0.307 e. The third kappa shape index (κ3) is 8.69. The summed E-state index contributed by atoms with van der Waals surface area (Å²) in [5.74, 6) is -7.36. The molecule has 0 saturated heterocycles. The van der Waals surface area contributed by atoms with Gasteiger partial charge < -0.3 is 4.74 Å². The van der Waals surface area contributed by atoms with Gasteiger partial charge in [-0.1, -0.05) is 12.2 Å². The largest absolute Gasteiger partial charge is 0.394 e. The molecule has 0 amide bonds. The van der Waals surface area contributed by atoms with Crippen molar-refractivity contribution in [3.8, 4) is 0 Å². The molecule has 124 valence electrons. The number of hydrogen-bond acceptors (Lipinski definition) is 1. The van der Waals surface area contributed by atoms with Crippen molar-refractivity contribution in [3.63, 3.8) is 0 Å². The molecule has 0 aromatic carbocycles. The van der Waals surface area contributed by atoms with Crippen LogP contribution in [0.5, 0.6) is 0 Å². The molecule has 0 saturated carbocycles. The average Bonchev–Trinajstić information content (AvgIpc) is 2.08. The number of ether oxygens (including phenoxy) is 1. The van der Waals surface area contributed by atoms with Gasteiger partial charge in [-0.2, -0.15) is 26.3 Å². The Kier molecular flexibility index (Phi) is 6.40. The van der Waals surface area contributed by atoms with E-state index >= 15 is 0 Å². The Balaban J connectivity index is 5.31. The molecule has 2 atom stereocenters. The molecule has 9 heteroatoms. The maximum Gasteiger partial charge on any atom is 0.394 e. The van der Waals surface area contributed by atoms with Crippen LogP contribution in [-0.2, 0) is 4.74 Å². The summed E-state index contributed by atoms with van der Waals surface area (Å²) < 4.78 is 106. The molecule has 0 radical (unpaired) electrons. The number of halogens is 8. The summed E-state index contributed by atoms with van der Waals surface area (Å²) in [5, 5.41) is 0. The molecule has 0 aliphatic carbocycles. The van der Waals surface area contributed by atoms with Crippen LogP contribution < -0.4 is 0 Å². The standard InChI is InChI=1S/C12H14F8O/c1-3-5-9(13,7-11(15,16)17)21-10(14,6-4-2)8-12(18,19)20/h3-4H,1-2,5-8H2. The van der Waals surface area contributed by atoms with Gasteiger partial charge in [-0.05, 0) is 0 Å². The zero-order valence-corrected chi connectivity index (χ0v) is 10.8. The van der Waals surface area contributed by atoms with Crippen molar-refractivity contribution >= 4 is 0 Å². The van der Waals surface area contributed by atoms with Crippen molar-refractivity contribution in [2.75, 3.05) is 0 Å². The monoisotopic (exact) mass is 326 g/mol. The molecule has 21 heavy (non-hydrogen) atoms. The van der Waals surface area contributed by atoms with Gasteiger partial charge in [0.05, 0.1) is 0 Å². The lowest BCUT2D eigenvalue weighted by Gasteiger charge is -2.34. The van der Waals surface area contributed by atoms with Crippen LogP contribution in [0.4, 0.5) is 35.1 Å². The Morgan fingerprint density at radius 2 is 0.952 bits per heavy atom. The molecule has 0 N–H and O–H groups in total. The summed E-state index contributed by atoms with van der Waals surface area (Å²) in [6.45, 7) is 5.95. The number of hydrogen-bond donors (Lipinski definition) is 0. The highest BCUT2D eigenvalue weighted by molar-refractivity contribution is 4.89. The van der Waals surface area contributed by atoms with E-state index in [0.717, 1.165) is 0 Å². The lowest BCUT2D eigenvalue weighted by molar-refractivity contribution is -0.325. The van der Waals surface area contributed by atoms with Crippen LogP contribution in [0.25, 0.3) is 0 Å². The van der Waals surface area contributed by atoms with Gasteiger partial charge in [-0.15, -0.1) is 13.2 Å². The first-order valence-corrected chi connectivity index (χ1v) is 5.67. The maximum atomic E-state index is 14.0. The molecule has 0 bridgehead atoms. The zero-order chi connectivity index (χ0) is 16.9. The highest BCUT2D eigenvalue weighted by Crippen LogP contribution is 2.42. The van der Waals surface area contributed by atoms with Gasteiger partial charge in [0, 0.05) is 12.8 Å². The summed E-state index contributed by atoms with van der Waals surface area (Å²) in [7, 11) is 0. The Morgan fingerprint density at radius 3 is 1.14 bits per heavy atom. The van der Waals surface area contributed by atoms with Crippen LogP contribution in [0.3, 0.4) is 0 Å². The van der Waals surface area contributed by atoms with Gasteiger partial charge in [0.15, 0.2) is 0 Å².